The van der Waals surface area contributed by atoms with Crippen LogP contribution >= 0.6 is 11.8 Å². The maximum Gasteiger partial charge on any atom is 0.195 e. The number of piperidine rings is 1. The zero-order chi connectivity index (χ0) is 24.0. The molecule has 0 bridgehead atoms. The fraction of sp³-hybridized carbons (Fsp3) is 0.481. The van der Waals surface area contributed by atoms with Gasteiger partial charge in [-0.2, -0.15) is 0 Å². The van der Waals surface area contributed by atoms with Crippen LogP contribution in [0.1, 0.15) is 43.0 Å². The van der Waals surface area contributed by atoms with Crippen molar-refractivity contribution in [2.75, 3.05) is 39.7 Å². The number of methoxy groups -OCH3 is 2. The molecule has 2 aliphatic rings. The lowest BCUT2D eigenvalue weighted by atomic mass is 9.95. The monoisotopic (exact) mass is 494 g/mol. The molecular weight excluding hydrogens is 460 g/mol. The van der Waals surface area contributed by atoms with Crippen molar-refractivity contribution in [1.29, 1.82) is 0 Å². The third kappa shape index (κ3) is 5.82. The van der Waals surface area contributed by atoms with Crippen molar-refractivity contribution in [3.63, 3.8) is 0 Å². The summed E-state index contributed by atoms with van der Waals surface area (Å²) in [6, 6.07) is 16.6. The van der Waals surface area contributed by atoms with E-state index in [0.717, 1.165) is 85.8 Å². The van der Waals surface area contributed by atoms with Gasteiger partial charge < -0.3 is 14.2 Å². The lowest BCUT2D eigenvalue weighted by Crippen LogP contribution is -2.33. The van der Waals surface area contributed by atoms with Crippen LogP contribution in [0.5, 0.6) is 11.5 Å². The van der Waals surface area contributed by atoms with Gasteiger partial charge in [0.25, 0.3) is 0 Å². The summed E-state index contributed by atoms with van der Waals surface area (Å²) in [5, 5.41) is 10.3. The van der Waals surface area contributed by atoms with Crippen molar-refractivity contribution in [3.05, 3.63) is 59.9 Å². The van der Waals surface area contributed by atoms with E-state index in [1.165, 1.54) is 5.56 Å². The summed E-state index contributed by atoms with van der Waals surface area (Å²) in [4.78, 5) is 2.52. The Kier molecular flexibility index (Phi) is 7.91. The Balaban J connectivity index is 1.32. The van der Waals surface area contributed by atoms with Gasteiger partial charge in [-0.15, -0.1) is 10.2 Å². The first-order chi connectivity index (χ1) is 17.2. The minimum absolute atomic E-state index is 0.304. The zero-order valence-corrected chi connectivity index (χ0v) is 21.4. The van der Waals surface area contributed by atoms with Gasteiger partial charge in [0.2, 0.25) is 0 Å². The molecule has 2 aromatic carbocycles. The predicted octanol–water partition coefficient (Wildman–Crippen LogP) is 4.94. The van der Waals surface area contributed by atoms with E-state index in [9.17, 15) is 0 Å². The average molecular weight is 495 g/mol. The van der Waals surface area contributed by atoms with Crippen molar-refractivity contribution in [2.24, 2.45) is 0 Å². The Morgan fingerprint density at radius 3 is 2.49 bits per heavy atom. The van der Waals surface area contributed by atoms with Crippen LogP contribution in [-0.4, -0.2) is 65.4 Å². The van der Waals surface area contributed by atoms with E-state index in [1.54, 1.807) is 26.0 Å². The summed E-state index contributed by atoms with van der Waals surface area (Å²) in [5.74, 6) is 4.07. The van der Waals surface area contributed by atoms with E-state index in [1.807, 2.05) is 18.2 Å². The zero-order valence-electron chi connectivity index (χ0n) is 20.6. The fourth-order valence-electron chi connectivity index (χ4n) is 4.95. The van der Waals surface area contributed by atoms with Gasteiger partial charge in [0.05, 0.1) is 26.0 Å². The molecule has 5 rings (SSSR count). The SMILES string of the molecule is COc1cccc(CN2CCC(c3nnc(SCC4CCCO4)n3-c3cccc(OC)c3)CC2)c1. The number of hydrogen-bond acceptors (Lipinski definition) is 7. The third-order valence-electron chi connectivity index (χ3n) is 6.89. The van der Waals surface area contributed by atoms with Gasteiger partial charge in [0.1, 0.15) is 17.3 Å². The highest BCUT2D eigenvalue weighted by atomic mass is 32.2. The van der Waals surface area contributed by atoms with Crippen molar-refractivity contribution in [3.8, 4) is 17.2 Å². The van der Waals surface area contributed by atoms with Crippen LogP contribution in [-0.2, 0) is 11.3 Å². The molecule has 7 nitrogen and oxygen atoms in total. The van der Waals surface area contributed by atoms with Crippen molar-refractivity contribution < 1.29 is 14.2 Å². The number of thioether (sulfide) groups is 1. The Hall–Kier alpha value is -2.55. The fourth-order valence-corrected chi connectivity index (χ4v) is 5.98. The molecular formula is C27H34N4O3S. The molecule has 0 aliphatic carbocycles. The van der Waals surface area contributed by atoms with Crippen LogP contribution in [0.2, 0.25) is 0 Å². The van der Waals surface area contributed by atoms with Crippen LogP contribution in [0.3, 0.4) is 0 Å². The number of rotatable bonds is 9. The van der Waals surface area contributed by atoms with E-state index >= 15 is 0 Å². The largest absolute Gasteiger partial charge is 0.497 e. The molecule has 2 fully saturated rings. The molecule has 0 amide bonds. The molecule has 0 N–H and O–H groups in total. The number of likely N-dealkylation sites (tertiary alicyclic amines) is 1. The molecule has 1 atom stereocenters. The Morgan fingerprint density at radius 2 is 1.74 bits per heavy atom. The third-order valence-corrected chi connectivity index (χ3v) is 7.95. The van der Waals surface area contributed by atoms with Gasteiger partial charge in [-0.25, -0.2) is 0 Å². The Labute approximate surface area is 211 Å². The molecule has 2 saturated heterocycles. The normalized spacial score (nSPS) is 19.2. The van der Waals surface area contributed by atoms with Crippen molar-refractivity contribution in [2.45, 2.75) is 49.4 Å². The van der Waals surface area contributed by atoms with Crippen LogP contribution < -0.4 is 9.47 Å². The number of nitrogens with zero attached hydrogens (tertiary/aromatic N) is 4. The molecule has 2 aliphatic heterocycles. The first-order valence-corrected chi connectivity index (χ1v) is 13.4. The van der Waals surface area contributed by atoms with Crippen molar-refractivity contribution >= 4 is 11.8 Å². The molecule has 3 aromatic rings. The first kappa shape index (κ1) is 24.2. The number of benzene rings is 2. The van der Waals surface area contributed by atoms with Crippen molar-refractivity contribution in [1.82, 2.24) is 19.7 Å². The van der Waals surface area contributed by atoms with Gasteiger partial charge in [-0.3, -0.25) is 9.47 Å². The van der Waals surface area contributed by atoms with E-state index in [2.05, 4.69) is 44.9 Å². The quantitative estimate of drug-likeness (QED) is 0.391. The molecule has 8 heteroatoms. The lowest BCUT2D eigenvalue weighted by molar-refractivity contribution is 0.129. The second-order valence-electron chi connectivity index (χ2n) is 9.23. The minimum atomic E-state index is 0.304. The molecule has 35 heavy (non-hydrogen) atoms. The van der Waals surface area contributed by atoms with E-state index < -0.39 is 0 Å². The smallest absolute Gasteiger partial charge is 0.195 e. The van der Waals surface area contributed by atoms with Crippen LogP contribution in [0.15, 0.2) is 53.7 Å². The van der Waals surface area contributed by atoms with Gasteiger partial charge in [-0.1, -0.05) is 30.0 Å². The van der Waals surface area contributed by atoms with E-state index in [-0.39, 0.29) is 0 Å². The summed E-state index contributed by atoms with van der Waals surface area (Å²) in [6.45, 7) is 3.87. The van der Waals surface area contributed by atoms with Crippen LogP contribution in [0.4, 0.5) is 0 Å². The summed E-state index contributed by atoms with van der Waals surface area (Å²) >= 11 is 1.74. The minimum Gasteiger partial charge on any atom is -0.497 e. The number of aromatic nitrogens is 3. The average Bonchev–Trinajstić information content (AvgIpc) is 3.58. The second kappa shape index (κ2) is 11.5. The molecule has 0 saturated carbocycles. The van der Waals surface area contributed by atoms with Gasteiger partial charge in [0, 0.05) is 30.9 Å². The summed E-state index contributed by atoms with van der Waals surface area (Å²) in [7, 11) is 3.42. The Bertz CT molecular complexity index is 1110. The molecule has 186 valence electrons. The van der Waals surface area contributed by atoms with Gasteiger partial charge >= 0.3 is 0 Å². The summed E-state index contributed by atoms with van der Waals surface area (Å²) in [6.07, 6.45) is 4.69. The highest BCUT2D eigenvalue weighted by Gasteiger charge is 2.28. The number of hydrogen-bond donors (Lipinski definition) is 0. The first-order valence-electron chi connectivity index (χ1n) is 12.4. The standard InChI is InChI=1S/C27H34N4O3S/c1-32-23-8-3-6-20(16-23)18-30-13-11-21(12-14-30)26-28-29-27(35-19-25-10-5-15-34-25)31(26)22-7-4-9-24(17-22)33-2/h3-4,6-9,16-17,21,25H,5,10-15,18-19H2,1-2H3. The van der Waals surface area contributed by atoms with Crippen LogP contribution in [0, 0.1) is 0 Å². The maximum absolute atomic E-state index is 5.84. The molecule has 1 aromatic heterocycles. The van der Waals surface area contributed by atoms with Gasteiger partial charge in [0.15, 0.2) is 5.16 Å². The topological polar surface area (TPSA) is 61.6 Å². The second-order valence-corrected chi connectivity index (χ2v) is 10.2. The summed E-state index contributed by atoms with van der Waals surface area (Å²) in [5.41, 5.74) is 2.34. The Morgan fingerprint density at radius 1 is 0.971 bits per heavy atom. The molecule has 1 unspecified atom stereocenters. The predicted molar refractivity (Wildman–Crippen MR) is 138 cm³/mol. The maximum atomic E-state index is 5.84. The highest BCUT2D eigenvalue weighted by molar-refractivity contribution is 7.99. The van der Waals surface area contributed by atoms with E-state index in [0.29, 0.717) is 12.0 Å². The number of ether oxygens (including phenoxy) is 3. The van der Waals surface area contributed by atoms with Gasteiger partial charge in [-0.05, 0) is 68.6 Å². The highest BCUT2D eigenvalue weighted by Crippen LogP contribution is 2.34. The van der Waals surface area contributed by atoms with Crippen LogP contribution in [0.25, 0.3) is 5.69 Å². The molecule has 0 spiro atoms. The molecule has 0 radical (unpaired) electrons. The molecule has 3 heterocycles. The summed E-state index contributed by atoms with van der Waals surface area (Å²) < 4.78 is 19.0. The lowest BCUT2D eigenvalue weighted by Gasteiger charge is -2.31. The van der Waals surface area contributed by atoms with E-state index in [4.69, 9.17) is 19.3 Å².